The summed E-state index contributed by atoms with van der Waals surface area (Å²) in [5, 5.41) is 13.3. The summed E-state index contributed by atoms with van der Waals surface area (Å²) in [6, 6.07) is 5.32. The summed E-state index contributed by atoms with van der Waals surface area (Å²) in [5.41, 5.74) is 2.49. The van der Waals surface area contributed by atoms with Crippen molar-refractivity contribution in [2.75, 3.05) is 6.54 Å². The molecule has 8 heteroatoms. The van der Waals surface area contributed by atoms with Crippen molar-refractivity contribution in [2.45, 2.75) is 33.2 Å². The Morgan fingerprint density at radius 3 is 2.85 bits per heavy atom. The Kier molecular flexibility index (Phi) is 4.65. The molecular weight excluding hydrogens is 364 g/mol. The average Bonchev–Trinajstić information content (AvgIpc) is 3.21. The van der Waals surface area contributed by atoms with Crippen LogP contribution in [-0.4, -0.2) is 27.4 Å². The van der Waals surface area contributed by atoms with Gasteiger partial charge in [0.15, 0.2) is 5.76 Å². The summed E-state index contributed by atoms with van der Waals surface area (Å²) in [5.74, 6) is 0.916. The van der Waals surface area contributed by atoms with Gasteiger partial charge < -0.3 is 9.84 Å². The van der Waals surface area contributed by atoms with E-state index in [1.54, 1.807) is 0 Å². The Hall–Kier alpha value is -2.74. The Labute approximate surface area is 160 Å². The molecule has 1 fully saturated rings. The van der Waals surface area contributed by atoms with Crippen LogP contribution in [0.4, 0.5) is 0 Å². The van der Waals surface area contributed by atoms with Crippen molar-refractivity contribution in [2.24, 2.45) is 5.92 Å². The van der Waals surface area contributed by atoms with Crippen LogP contribution in [0.1, 0.15) is 24.1 Å². The number of nitrogens with one attached hydrogen (secondary N) is 1. The van der Waals surface area contributed by atoms with E-state index in [4.69, 9.17) is 4.52 Å². The number of hydrogen-bond donors (Lipinski definition) is 1. The van der Waals surface area contributed by atoms with E-state index in [2.05, 4.69) is 15.6 Å². The van der Waals surface area contributed by atoms with Crippen molar-refractivity contribution in [1.82, 2.24) is 20.3 Å². The van der Waals surface area contributed by atoms with E-state index in [1.807, 2.05) is 31.4 Å². The molecule has 0 spiro atoms. The lowest BCUT2D eigenvalue weighted by atomic mass is 10.1. The third-order valence-electron chi connectivity index (χ3n) is 4.73. The van der Waals surface area contributed by atoms with E-state index in [9.17, 15) is 9.59 Å². The van der Waals surface area contributed by atoms with E-state index < -0.39 is 0 Å². The summed E-state index contributed by atoms with van der Waals surface area (Å²) < 4.78 is 6.66. The number of carbonyl (C=O) groups excluding carboxylic acids is 1. The van der Waals surface area contributed by atoms with Crippen LogP contribution in [0.3, 0.4) is 0 Å². The van der Waals surface area contributed by atoms with Crippen LogP contribution in [0.2, 0.25) is 0 Å². The van der Waals surface area contributed by atoms with Gasteiger partial charge in [-0.3, -0.25) is 9.59 Å². The Balaban J connectivity index is 1.72. The first-order chi connectivity index (χ1) is 13.0. The maximum absolute atomic E-state index is 12.6. The van der Waals surface area contributed by atoms with Crippen molar-refractivity contribution < 1.29 is 9.32 Å². The number of nitrogens with zero attached hydrogens (tertiary/aromatic N) is 3. The Morgan fingerprint density at radius 1 is 1.41 bits per heavy atom. The molecular formula is C19H20N4O3S. The van der Waals surface area contributed by atoms with Crippen LogP contribution in [0.5, 0.6) is 0 Å². The minimum Gasteiger partial charge on any atom is -0.356 e. The quantitative estimate of drug-likeness (QED) is 0.706. The van der Waals surface area contributed by atoms with Crippen molar-refractivity contribution in [3.63, 3.8) is 0 Å². The lowest BCUT2D eigenvalue weighted by molar-refractivity contribution is -0.121. The van der Waals surface area contributed by atoms with Gasteiger partial charge in [0.05, 0.1) is 16.1 Å². The van der Waals surface area contributed by atoms with E-state index in [-0.39, 0.29) is 18.0 Å². The fourth-order valence-corrected chi connectivity index (χ4v) is 3.53. The molecule has 27 heavy (non-hydrogen) atoms. The van der Waals surface area contributed by atoms with Gasteiger partial charge in [-0.15, -0.1) is 11.3 Å². The van der Waals surface area contributed by atoms with Crippen LogP contribution in [-0.2, 0) is 11.3 Å². The summed E-state index contributed by atoms with van der Waals surface area (Å²) in [7, 11) is 0. The maximum Gasteiger partial charge on any atom is 0.268 e. The summed E-state index contributed by atoms with van der Waals surface area (Å²) >= 11 is 1.51. The number of amides is 1. The van der Waals surface area contributed by atoms with E-state index >= 15 is 0 Å². The maximum atomic E-state index is 12.6. The van der Waals surface area contributed by atoms with Crippen molar-refractivity contribution in [3.8, 4) is 21.9 Å². The second-order valence-electron chi connectivity index (χ2n) is 6.85. The number of aryl methyl sites for hydroxylation is 1. The van der Waals surface area contributed by atoms with E-state index in [1.165, 1.54) is 22.1 Å². The number of thiophene rings is 1. The molecule has 1 amide bonds. The van der Waals surface area contributed by atoms with Gasteiger partial charge in [0.2, 0.25) is 5.91 Å². The van der Waals surface area contributed by atoms with Gasteiger partial charge in [-0.2, -0.15) is 5.10 Å². The molecule has 0 radical (unpaired) electrons. The van der Waals surface area contributed by atoms with Gasteiger partial charge in [0.1, 0.15) is 12.2 Å². The topological polar surface area (TPSA) is 90.0 Å². The average molecular weight is 384 g/mol. The van der Waals surface area contributed by atoms with Crippen molar-refractivity contribution in [1.29, 1.82) is 0 Å². The largest absolute Gasteiger partial charge is 0.356 e. The fourth-order valence-electron chi connectivity index (χ4n) is 2.81. The van der Waals surface area contributed by atoms with Gasteiger partial charge in [0, 0.05) is 18.2 Å². The summed E-state index contributed by atoms with van der Waals surface area (Å²) in [4.78, 5) is 25.7. The summed E-state index contributed by atoms with van der Waals surface area (Å²) in [6.07, 6.45) is 2.32. The van der Waals surface area contributed by atoms with E-state index in [0.29, 0.717) is 29.5 Å². The van der Waals surface area contributed by atoms with Crippen molar-refractivity contribution in [3.05, 3.63) is 45.2 Å². The highest BCUT2D eigenvalue weighted by atomic mass is 32.1. The molecule has 0 saturated heterocycles. The smallest absolute Gasteiger partial charge is 0.268 e. The SMILES string of the molecule is Cc1noc(-c2cc(=O)n(CC(=O)NCC3CC3)nc2-c2cccs2)c1C. The molecule has 0 aromatic carbocycles. The number of rotatable bonds is 6. The van der Waals surface area contributed by atoms with Crippen LogP contribution < -0.4 is 10.9 Å². The third-order valence-corrected chi connectivity index (χ3v) is 5.61. The van der Waals surface area contributed by atoms with Gasteiger partial charge in [0.25, 0.3) is 5.56 Å². The number of hydrogen-bond acceptors (Lipinski definition) is 6. The predicted octanol–water partition coefficient (Wildman–Crippen LogP) is 2.77. The number of aromatic nitrogens is 3. The normalized spacial score (nSPS) is 13.7. The lowest BCUT2D eigenvalue weighted by Gasteiger charge is -2.10. The molecule has 7 nitrogen and oxygen atoms in total. The molecule has 1 N–H and O–H groups in total. The molecule has 3 heterocycles. The highest BCUT2D eigenvalue weighted by Crippen LogP contribution is 2.34. The molecule has 0 atom stereocenters. The molecule has 1 aliphatic carbocycles. The standard InChI is InChI=1S/C19H20N4O3S/c1-11-12(2)22-26-19(11)14-8-17(25)23(10-16(24)20-9-13-5-6-13)21-18(14)15-4-3-7-27-15/h3-4,7-8,13H,5-6,9-10H2,1-2H3,(H,20,24). The zero-order chi connectivity index (χ0) is 19.0. The van der Waals surface area contributed by atoms with Gasteiger partial charge in [-0.25, -0.2) is 4.68 Å². The van der Waals surface area contributed by atoms with Crippen LogP contribution in [0, 0.1) is 19.8 Å². The molecule has 1 aliphatic rings. The first-order valence-corrected chi connectivity index (χ1v) is 9.77. The molecule has 3 aromatic heterocycles. The Morgan fingerprint density at radius 2 is 2.22 bits per heavy atom. The second kappa shape index (κ2) is 7.11. The van der Waals surface area contributed by atoms with Crippen LogP contribution >= 0.6 is 11.3 Å². The number of carbonyl (C=O) groups is 1. The van der Waals surface area contributed by atoms with Gasteiger partial charge in [-0.1, -0.05) is 11.2 Å². The molecule has 3 aromatic rings. The Bertz CT molecular complexity index is 1030. The van der Waals surface area contributed by atoms with Crippen LogP contribution in [0.25, 0.3) is 21.9 Å². The van der Waals surface area contributed by atoms with Gasteiger partial charge >= 0.3 is 0 Å². The van der Waals surface area contributed by atoms with Crippen LogP contribution in [0.15, 0.2) is 32.9 Å². The molecule has 140 valence electrons. The highest BCUT2D eigenvalue weighted by Gasteiger charge is 2.23. The van der Waals surface area contributed by atoms with Gasteiger partial charge in [-0.05, 0) is 44.1 Å². The molecule has 0 bridgehead atoms. The first-order valence-electron chi connectivity index (χ1n) is 8.89. The fraction of sp³-hybridized carbons (Fsp3) is 0.368. The molecule has 0 unspecified atom stereocenters. The monoisotopic (exact) mass is 384 g/mol. The minimum atomic E-state index is -0.347. The highest BCUT2D eigenvalue weighted by molar-refractivity contribution is 7.13. The summed E-state index contributed by atoms with van der Waals surface area (Å²) in [6.45, 7) is 4.32. The molecule has 4 rings (SSSR count). The first kappa shape index (κ1) is 17.7. The minimum absolute atomic E-state index is 0.0986. The second-order valence-corrected chi connectivity index (χ2v) is 7.80. The lowest BCUT2D eigenvalue weighted by Crippen LogP contribution is -2.34. The molecule has 0 aliphatic heterocycles. The molecule has 1 saturated carbocycles. The zero-order valence-corrected chi connectivity index (χ0v) is 16.0. The third kappa shape index (κ3) is 3.71. The predicted molar refractivity (Wildman–Crippen MR) is 103 cm³/mol. The van der Waals surface area contributed by atoms with Crippen molar-refractivity contribution >= 4 is 17.2 Å². The zero-order valence-electron chi connectivity index (χ0n) is 15.2. The van der Waals surface area contributed by atoms with E-state index in [0.717, 1.165) is 29.0 Å².